The zero-order valence-electron chi connectivity index (χ0n) is 13.8. The molecule has 0 aliphatic rings. The smallest absolute Gasteiger partial charge is 0.294 e. The second-order valence-electron chi connectivity index (χ2n) is 4.84. The van der Waals surface area contributed by atoms with Crippen LogP contribution in [0, 0.1) is 10.1 Å². The summed E-state index contributed by atoms with van der Waals surface area (Å²) in [6.45, 7) is 4.25. The lowest BCUT2D eigenvalue weighted by molar-refractivity contribution is -0.384. The molecule has 0 radical (unpaired) electrons. The molecule has 0 heterocycles. The summed E-state index contributed by atoms with van der Waals surface area (Å²) in [6.07, 6.45) is 1.25. The fourth-order valence-electron chi connectivity index (χ4n) is 1.73. The SMILES string of the molecule is CCC.CNS(=O)(=O)c1ccc(Nc2ccccc2)c([N+](=O)[O-])c1. The predicted octanol–water partition coefficient (Wildman–Crippen LogP) is 3.66. The Morgan fingerprint density at radius 3 is 2.17 bits per heavy atom. The van der Waals surface area contributed by atoms with Crippen molar-refractivity contribution in [2.75, 3.05) is 12.4 Å². The van der Waals surface area contributed by atoms with Crippen LogP contribution in [0.3, 0.4) is 0 Å². The number of nitro groups is 1. The Hall–Kier alpha value is -2.45. The lowest BCUT2D eigenvalue weighted by Gasteiger charge is -2.08. The fourth-order valence-corrected chi connectivity index (χ4v) is 2.48. The van der Waals surface area contributed by atoms with E-state index in [1.165, 1.54) is 25.6 Å². The van der Waals surface area contributed by atoms with E-state index in [1.54, 1.807) is 24.3 Å². The molecule has 0 unspecified atom stereocenters. The van der Waals surface area contributed by atoms with E-state index in [0.717, 1.165) is 6.07 Å². The summed E-state index contributed by atoms with van der Waals surface area (Å²) in [4.78, 5) is 10.3. The number of sulfonamides is 1. The van der Waals surface area contributed by atoms with Crippen LogP contribution in [0.4, 0.5) is 17.1 Å². The Balaban J connectivity index is 0.000000891. The molecular formula is C16H21N3O4S. The van der Waals surface area contributed by atoms with Gasteiger partial charge in [0.1, 0.15) is 5.69 Å². The highest BCUT2D eigenvalue weighted by molar-refractivity contribution is 7.89. The van der Waals surface area contributed by atoms with Crippen molar-refractivity contribution in [3.8, 4) is 0 Å². The maximum atomic E-state index is 11.7. The third kappa shape index (κ3) is 5.32. The summed E-state index contributed by atoms with van der Waals surface area (Å²) in [7, 11) is -2.48. The Kier molecular flexibility index (Phi) is 7.34. The van der Waals surface area contributed by atoms with Crippen molar-refractivity contribution in [1.29, 1.82) is 0 Å². The van der Waals surface area contributed by atoms with Crippen LogP contribution in [-0.4, -0.2) is 20.4 Å². The number of nitrogens with zero attached hydrogens (tertiary/aromatic N) is 1. The second kappa shape index (κ2) is 8.99. The van der Waals surface area contributed by atoms with Gasteiger partial charge in [-0.25, -0.2) is 13.1 Å². The first kappa shape index (κ1) is 19.6. The normalized spacial score (nSPS) is 10.5. The molecule has 24 heavy (non-hydrogen) atoms. The summed E-state index contributed by atoms with van der Waals surface area (Å²) < 4.78 is 25.5. The minimum atomic E-state index is -3.73. The van der Waals surface area contributed by atoms with Gasteiger partial charge in [-0.05, 0) is 31.3 Å². The van der Waals surface area contributed by atoms with Gasteiger partial charge in [0.2, 0.25) is 10.0 Å². The van der Waals surface area contributed by atoms with Gasteiger partial charge in [0, 0.05) is 11.8 Å². The van der Waals surface area contributed by atoms with Gasteiger partial charge in [-0.1, -0.05) is 38.5 Å². The van der Waals surface area contributed by atoms with Crippen molar-refractivity contribution in [3.63, 3.8) is 0 Å². The summed E-state index contributed by atoms with van der Waals surface area (Å²) >= 11 is 0. The van der Waals surface area contributed by atoms with Crippen molar-refractivity contribution in [2.45, 2.75) is 25.2 Å². The van der Waals surface area contributed by atoms with Crippen molar-refractivity contribution in [1.82, 2.24) is 4.72 Å². The van der Waals surface area contributed by atoms with Crippen LogP contribution in [0.2, 0.25) is 0 Å². The Labute approximate surface area is 141 Å². The number of hydrogen-bond donors (Lipinski definition) is 2. The molecule has 2 aromatic rings. The number of hydrogen-bond acceptors (Lipinski definition) is 5. The van der Waals surface area contributed by atoms with Crippen LogP contribution in [0.15, 0.2) is 53.4 Å². The van der Waals surface area contributed by atoms with Gasteiger partial charge < -0.3 is 5.32 Å². The number of benzene rings is 2. The first-order valence-electron chi connectivity index (χ1n) is 7.39. The van der Waals surface area contributed by atoms with Crippen molar-refractivity contribution < 1.29 is 13.3 Å². The number of nitro benzene ring substituents is 1. The van der Waals surface area contributed by atoms with E-state index < -0.39 is 14.9 Å². The monoisotopic (exact) mass is 351 g/mol. The van der Waals surface area contributed by atoms with Crippen molar-refractivity contribution in [2.24, 2.45) is 0 Å². The topological polar surface area (TPSA) is 101 Å². The molecule has 7 nitrogen and oxygen atoms in total. The van der Waals surface area contributed by atoms with Crippen LogP contribution in [0.5, 0.6) is 0 Å². The highest BCUT2D eigenvalue weighted by Crippen LogP contribution is 2.29. The third-order valence-corrected chi connectivity index (χ3v) is 4.21. The van der Waals surface area contributed by atoms with Gasteiger partial charge in [0.25, 0.3) is 5.69 Å². The zero-order chi connectivity index (χ0) is 18.2. The lowest BCUT2D eigenvalue weighted by atomic mass is 10.2. The van der Waals surface area contributed by atoms with E-state index in [0.29, 0.717) is 5.69 Å². The average Bonchev–Trinajstić information content (AvgIpc) is 2.56. The highest BCUT2D eigenvalue weighted by atomic mass is 32.2. The predicted molar refractivity (Wildman–Crippen MR) is 95.0 cm³/mol. The molecule has 0 saturated heterocycles. The summed E-state index contributed by atoms with van der Waals surface area (Å²) in [5.41, 5.74) is 0.584. The minimum Gasteiger partial charge on any atom is -0.350 e. The van der Waals surface area contributed by atoms with Crippen LogP contribution < -0.4 is 10.0 Å². The van der Waals surface area contributed by atoms with Crippen LogP contribution >= 0.6 is 0 Å². The standard InChI is InChI=1S/C13H13N3O4S.C3H8/c1-14-21(19,20)11-7-8-12(13(9-11)16(17)18)15-10-5-3-2-4-6-10;1-3-2/h2-9,14-15H,1H3;3H2,1-2H3. The molecule has 0 amide bonds. The summed E-state index contributed by atoms with van der Waals surface area (Å²) in [5.74, 6) is 0. The summed E-state index contributed by atoms with van der Waals surface area (Å²) in [6, 6.07) is 12.6. The molecule has 0 saturated carbocycles. The molecule has 0 fully saturated rings. The highest BCUT2D eigenvalue weighted by Gasteiger charge is 2.20. The van der Waals surface area contributed by atoms with Crippen molar-refractivity contribution >= 4 is 27.1 Å². The first-order chi connectivity index (χ1) is 11.4. The number of rotatable bonds is 5. The van der Waals surface area contributed by atoms with E-state index in [9.17, 15) is 18.5 Å². The average molecular weight is 351 g/mol. The van der Waals surface area contributed by atoms with Gasteiger partial charge in [-0.15, -0.1) is 0 Å². The molecule has 0 atom stereocenters. The molecule has 0 aromatic heterocycles. The van der Waals surface area contributed by atoms with E-state index in [2.05, 4.69) is 23.9 Å². The van der Waals surface area contributed by atoms with Gasteiger partial charge in [0.05, 0.1) is 9.82 Å². The molecule has 2 N–H and O–H groups in total. The zero-order valence-corrected chi connectivity index (χ0v) is 14.6. The molecule has 2 aromatic carbocycles. The molecular weight excluding hydrogens is 330 g/mol. The van der Waals surface area contributed by atoms with Crippen LogP contribution in [0.25, 0.3) is 0 Å². The molecule has 8 heteroatoms. The Bertz CT molecular complexity index is 777. The molecule has 2 rings (SSSR count). The number of anilines is 2. The second-order valence-corrected chi connectivity index (χ2v) is 6.73. The molecule has 0 spiro atoms. The fraction of sp³-hybridized carbons (Fsp3) is 0.250. The van der Waals surface area contributed by atoms with E-state index in [1.807, 2.05) is 6.07 Å². The molecule has 0 bridgehead atoms. The number of para-hydroxylation sites is 1. The molecule has 130 valence electrons. The number of nitrogens with one attached hydrogen (secondary N) is 2. The minimum absolute atomic E-state index is 0.157. The van der Waals surface area contributed by atoms with Crippen molar-refractivity contribution in [3.05, 3.63) is 58.6 Å². The van der Waals surface area contributed by atoms with E-state index in [-0.39, 0.29) is 16.3 Å². The van der Waals surface area contributed by atoms with Gasteiger partial charge in [-0.3, -0.25) is 10.1 Å². The van der Waals surface area contributed by atoms with Gasteiger partial charge >= 0.3 is 0 Å². The Morgan fingerprint density at radius 1 is 1.08 bits per heavy atom. The Morgan fingerprint density at radius 2 is 1.67 bits per heavy atom. The maximum absolute atomic E-state index is 11.7. The third-order valence-electron chi connectivity index (χ3n) is 2.80. The van der Waals surface area contributed by atoms with E-state index in [4.69, 9.17) is 0 Å². The quantitative estimate of drug-likeness (QED) is 0.632. The van der Waals surface area contributed by atoms with Gasteiger partial charge in [0.15, 0.2) is 0 Å². The van der Waals surface area contributed by atoms with E-state index >= 15 is 0 Å². The largest absolute Gasteiger partial charge is 0.350 e. The first-order valence-corrected chi connectivity index (χ1v) is 8.88. The summed E-state index contributed by atoms with van der Waals surface area (Å²) in [5, 5.41) is 14.0. The maximum Gasteiger partial charge on any atom is 0.294 e. The molecule has 0 aliphatic carbocycles. The van der Waals surface area contributed by atoms with Gasteiger partial charge in [-0.2, -0.15) is 0 Å². The lowest BCUT2D eigenvalue weighted by Crippen LogP contribution is -2.18. The van der Waals surface area contributed by atoms with Crippen LogP contribution in [0.1, 0.15) is 20.3 Å². The van der Waals surface area contributed by atoms with Crippen LogP contribution in [-0.2, 0) is 10.0 Å². The molecule has 0 aliphatic heterocycles.